The van der Waals surface area contributed by atoms with Crippen molar-refractivity contribution in [3.05, 3.63) is 70.1 Å². The molecular weight excluding hydrogens is 317 g/mol. The summed E-state index contributed by atoms with van der Waals surface area (Å²) < 4.78 is 20.8. The Morgan fingerprint density at radius 1 is 1.16 bits per heavy atom. The number of benzene rings is 2. The lowest BCUT2D eigenvalue weighted by molar-refractivity contribution is 0.420. The molecule has 5 heteroatoms. The zero-order valence-electron chi connectivity index (χ0n) is 13.5. The standard InChI is InChI=1S/C20H14FN3O/c1-25-19-14-12-9-5-6-10-13(12)22-16(14)15(21)17-18(19)24-20(23-17)11-7-3-2-4-8-11/h2-8,10,22H,9H2,1H3. The summed E-state index contributed by atoms with van der Waals surface area (Å²) in [4.78, 5) is 12.2. The van der Waals surface area contributed by atoms with Crippen LogP contribution in [0.4, 0.5) is 10.1 Å². The van der Waals surface area contributed by atoms with Crippen LogP contribution in [-0.4, -0.2) is 17.9 Å². The Bertz CT molecular complexity index is 1200. The summed E-state index contributed by atoms with van der Waals surface area (Å²) in [6.45, 7) is 0. The van der Waals surface area contributed by atoms with Crippen LogP contribution in [0, 0.1) is 5.82 Å². The molecule has 0 saturated heterocycles. The number of allylic oxidation sites excluding steroid dienone is 2. The number of methoxy groups -OCH3 is 1. The molecule has 1 N–H and O–H groups in total. The molecule has 0 amide bonds. The lowest BCUT2D eigenvalue weighted by Gasteiger charge is -2.08. The van der Waals surface area contributed by atoms with Crippen molar-refractivity contribution in [2.24, 2.45) is 9.98 Å². The Labute approximate surface area is 142 Å². The van der Waals surface area contributed by atoms with E-state index >= 15 is 4.39 Å². The Hall–Kier alpha value is -3.21. The first-order valence-corrected chi connectivity index (χ1v) is 8.07. The van der Waals surface area contributed by atoms with Crippen molar-refractivity contribution < 1.29 is 9.13 Å². The van der Waals surface area contributed by atoms with Crippen molar-refractivity contribution >= 4 is 28.5 Å². The van der Waals surface area contributed by atoms with Gasteiger partial charge in [0.1, 0.15) is 11.0 Å². The molecule has 1 aliphatic heterocycles. The van der Waals surface area contributed by atoms with E-state index in [4.69, 9.17) is 4.74 Å². The van der Waals surface area contributed by atoms with Gasteiger partial charge < -0.3 is 9.72 Å². The van der Waals surface area contributed by atoms with E-state index in [9.17, 15) is 0 Å². The lowest BCUT2D eigenvalue weighted by Crippen LogP contribution is -2.09. The van der Waals surface area contributed by atoms with Gasteiger partial charge in [0.25, 0.3) is 0 Å². The summed E-state index contributed by atoms with van der Waals surface area (Å²) in [5.41, 5.74) is 2.76. The topological polar surface area (TPSA) is 49.7 Å². The first kappa shape index (κ1) is 14.2. The fourth-order valence-corrected chi connectivity index (χ4v) is 3.48. The van der Waals surface area contributed by atoms with E-state index in [-0.39, 0.29) is 11.2 Å². The molecule has 0 atom stereocenters. The fraction of sp³-hybridized carbons (Fsp3) is 0.100. The van der Waals surface area contributed by atoms with Crippen LogP contribution in [0.25, 0.3) is 17.0 Å². The number of aromatic nitrogens is 1. The van der Waals surface area contributed by atoms with Crippen LogP contribution >= 0.6 is 0 Å². The van der Waals surface area contributed by atoms with Crippen molar-refractivity contribution in [3.8, 4) is 5.75 Å². The number of fused-ring (bicyclic) bond motifs is 4. The molecule has 2 aromatic carbocycles. The lowest BCUT2D eigenvalue weighted by atomic mass is 10.0. The van der Waals surface area contributed by atoms with E-state index in [0.29, 0.717) is 22.8 Å². The van der Waals surface area contributed by atoms with Crippen LogP contribution in [0.15, 0.2) is 52.5 Å². The third kappa shape index (κ3) is 1.92. The number of ether oxygens (including phenoxy) is 1. The van der Waals surface area contributed by atoms with Gasteiger partial charge in [-0.15, -0.1) is 0 Å². The third-order valence-corrected chi connectivity index (χ3v) is 4.62. The van der Waals surface area contributed by atoms with Crippen molar-refractivity contribution in [2.45, 2.75) is 6.42 Å². The van der Waals surface area contributed by atoms with Crippen LogP contribution in [0.5, 0.6) is 5.75 Å². The van der Waals surface area contributed by atoms with Crippen LogP contribution in [0.2, 0.25) is 0 Å². The zero-order valence-corrected chi connectivity index (χ0v) is 13.5. The number of hydrogen-bond acceptors (Lipinski definition) is 3. The molecule has 2 heterocycles. The van der Waals surface area contributed by atoms with Gasteiger partial charge in [-0.3, -0.25) is 0 Å². The molecule has 0 unspecified atom stereocenters. The number of halogens is 1. The number of amidine groups is 1. The highest BCUT2D eigenvalue weighted by atomic mass is 19.1. The van der Waals surface area contributed by atoms with Crippen LogP contribution < -0.4 is 15.4 Å². The van der Waals surface area contributed by atoms with Gasteiger partial charge >= 0.3 is 0 Å². The van der Waals surface area contributed by atoms with E-state index in [1.165, 1.54) is 0 Å². The summed E-state index contributed by atoms with van der Waals surface area (Å²) in [5.74, 6) is 0.686. The maximum absolute atomic E-state index is 15.2. The van der Waals surface area contributed by atoms with Gasteiger partial charge in [0, 0.05) is 10.9 Å². The van der Waals surface area contributed by atoms with Gasteiger partial charge in [-0.1, -0.05) is 42.5 Å². The Morgan fingerprint density at radius 3 is 2.80 bits per heavy atom. The first-order valence-electron chi connectivity index (χ1n) is 8.07. The average Bonchev–Trinajstić information content (AvgIpc) is 3.26. The monoisotopic (exact) mass is 331 g/mol. The third-order valence-electron chi connectivity index (χ3n) is 4.62. The van der Waals surface area contributed by atoms with Crippen LogP contribution in [0.3, 0.4) is 0 Å². The molecule has 0 radical (unpaired) electrons. The summed E-state index contributed by atoms with van der Waals surface area (Å²) >= 11 is 0. The normalized spacial score (nSPS) is 14.6. The van der Waals surface area contributed by atoms with E-state index in [0.717, 1.165) is 28.3 Å². The number of nitrogens with zero attached hydrogens (tertiary/aromatic N) is 2. The Kier molecular flexibility index (Phi) is 2.91. The molecular formula is C20H14FN3O. The average molecular weight is 331 g/mol. The maximum atomic E-state index is 15.2. The minimum absolute atomic E-state index is 0.231. The van der Waals surface area contributed by atoms with E-state index < -0.39 is 0 Å². The van der Waals surface area contributed by atoms with Gasteiger partial charge in [0.2, 0.25) is 0 Å². The van der Waals surface area contributed by atoms with Gasteiger partial charge in [-0.25, -0.2) is 14.4 Å². The SMILES string of the molecule is COc1c2c(c(F)c3[nH]c4c(c13)CC=CC=4)=NC(c1ccccc1)=N2. The molecule has 0 saturated carbocycles. The van der Waals surface area contributed by atoms with E-state index in [1.807, 2.05) is 48.6 Å². The second kappa shape index (κ2) is 5.14. The molecule has 1 aromatic heterocycles. The van der Waals surface area contributed by atoms with Crippen molar-refractivity contribution in [1.82, 2.24) is 4.98 Å². The fourth-order valence-electron chi connectivity index (χ4n) is 3.48. The highest BCUT2D eigenvalue weighted by Crippen LogP contribution is 2.37. The summed E-state index contributed by atoms with van der Waals surface area (Å²) in [5, 5.41) is 1.89. The highest BCUT2D eigenvalue weighted by Gasteiger charge is 2.26. The molecule has 2 aliphatic rings. The molecule has 25 heavy (non-hydrogen) atoms. The summed E-state index contributed by atoms with van der Waals surface area (Å²) in [7, 11) is 1.59. The van der Waals surface area contributed by atoms with E-state index in [1.54, 1.807) is 7.11 Å². The highest BCUT2D eigenvalue weighted by molar-refractivity contribution is 6.05. The van der Waals surface area contributed by atoms with Gasteiger partial charge in [-0.2, -0.15) is 0 Å². The smallest absolute Gasteiger partial charge is 0.175 e. The van der Waals surface area contributed by atoms with Gasteiger partial charge in [0.15, 0.2) is 17.4 Å². The van der Waals surface area contributed by atoms with Crippen LogP contribution in [0.1, 0.15) is 11.1 Å². The number of aromatic amines is 1. The van der Waals surface area contributed by atoms with Crippen LogP contribution in [-0.2, 0) is 6.42 Å². The quantitative estimate of drug-likeness (QED) is 0.771. The van der Waals surface area contributed by atoms with Gasteiger partial charge in [-0.05, 0) is 18.1 Å². The van der Waals surface area contributed by atoms with Crippen molar-refractivity contribution in [1.29, 1.82) is 0 Å². The Balaban J connectivity index is 1.86. The maximum Gasteiger partial charge on any atom is 0.175 e. The van der Waals surface area contributed by atoms with E-state index in [2.05, 4.69) is 15.0 Å². The molecule has 5 rings (SSSR count). The first-order chi connectivity index (χ1) is 12.3. The molecule has 3 aromatic rings. The van der Waals surface area contributed by atoms with Crippen molar-refractivity contribution in [2.75, 3.05) is 7.11 Å². The van der Waals surface area contributed by atoms with Crippen molar-refractivity contribution in [3.63, 3.8) is 0 Å². The second-order valence-corrected chi connectivity index (χ2v) is 6.02. The van der Waals surface area contributed by atoms with Gasteiger partial charge in [0.05, 0.1) is 18.0 Å². The molecule has 4 nitrogen and oxygen atoms in total. The molecule has 1 aliphatic carbocycles. The molecule has 0 bridgehead atoms. The number of hydrogen-bond donors (Lipinski definition) is 1. The summed E-state index contributed by atoms with van der Waals surface area (Å²) in [6, 6.07) is 9.56. The molecule has 0 fully saturated rings. The second-order valence-electron chi connectivity index (χ2n) is 6.02. The largest absolute Gasteiger partial charge is 0.494 e. The number of aliphatic imine (C=N–C) groups is 1. The predicted molar refractivity (Wildman–Crippen MR) is 95.5 cm³/mol. The number of rotatable bonds is 2. The summed E-state index contributed by atoms with van der Waals surface area (Å²) in [6.07, 6.45) is 6.68. The number of H-pyrrole nitrogens is 1. The zero-order chi connectivity index (χ0) is 17.0. The number of nitrogens with one attached hydrogen (secondary N) is 1. The minimum atomic E-state index is -0.386. The Morgan fingerprint density at radius 2 is 2.00 bits per heavy atom. The molecule has 0 spiro atoms. The molecule has 122 valence electrons. The minimum Gasteiger partial charge on any atom is -0.494 e. The predicted octanol–water partition coefficient (Wildman–Crippen LogP) is 2.92.